The van der Waals surface area contributed by atoms with Gasteiger partial charge in [0.2, 0.25) is 0 Å². The van der Waals surface area contributed by atoms with Gasteiger partial charge >= 0.3 is 0 Å². The number of nitro groups is 1. The number of amides is 1. The minimum Gasteiger partial charge on any atom is -0.316 e. The number of nitro benzene ring substituents is 1. The first-order valence-electron chi connectivity index (χ1n) is 6.64. The van der Waals surface area contributed by atoms with Gasteiger partial charge in [0.25, 0.3) is 21.6 Å². The maximum Gasteiger partial charge on any atom is 0.280 e. The molecule has 0 saturated carbocycles. The summed E-state index contributed by atoms with van der Waals surface area (Å²) in [5, 5.41) is 10.6. The summed E-state index contributed by atoms with van der Waals surface area (Å²) in [6, 6.07) is 10.9. The molecule has 1 unspecified atom stereocenters. The fourth-order valence-electron chi connectivity index (χ4n) is 1.91. The van der Waals surface area contributed by atoms with Crippen LogP contribution in [0.3, 0.4) is 0 Å². The van der Waals surface area contributed by atoms with Crippen molar-refractivity contribution in [2.24, 2.45) is 11.6 Å². The van der Waals surface area contributed by atoms with Crippen LogP contribution >= 0.6 is 0 Å². The second-order valence-electron chi connectivity index (χ2n) is 4.78. The van der Waals surface area contributed by atoms with Gasteiger partial charge in [-0.1, -0.05) is 30.3 Å². The van der Waals surface area contributed by atoms with Crippen LogP contribution in [-0.4, -0.2) is 23.7 Å². The van der Waals surface area contributed by atoms with Gasteiger partial charge in [0.15, 0.2) is 0 Å². The Morgan fingerprint density at radius 2 is 1.62 bits per heavy atom. The van der Waals surface area contributed by atoms with Crippen molar-refractivity contribution in [3.63, 3.8) is 0 Å². The first-order valence-corrected chi connectivity index (χ1v) is 8.08. The van der Waals surface area contributed by atoms with Crippen LogP contribution in [0.5, 0.6) is 0 Å². The van der Waals surface area contributed by atoms with Gasteiger partial charge in [-0.15, -0.1) is 0 Å². The first-order chi connectivity index (χ1) is 11.2. The molecule has 0 aliphatic heterocycles. The summed E-state index contributed by atoms with van der Waals surface area (Å²) in [4.78, 5) is 21.8. The highest BCUT2D eigenvalue weighted by Crippen LogP contribution is 2.20. The molecule has 0 aromatic heterocycles. The lowest BCUT2D eigenvalue weighted by Crippen LogP contribution is -2.46. The van der Waals surface area contributed by atoms with Crippen molar-refractivity contribution in [2.75, 3.05) is 0 Å². The molecular formula is C14H14N4O5S. The number of rotatable bonds is 5. The van der Waals surface area contributed by atoms with Crippen LogP contribution in [0.1, 0.15) is 11.6 Å². The number of hydrazine groups is 1. The Kier molecular flexibility index (Phi) is 4.93. The summed E-state index contributed by atoms with van der Waals surface area (Å²) in [6.07, 6.45) is 0. The molecular weight excluding hydrogens is 336 g/mol. The maximum atomic E-state index is 12.3. The molecule has 10 heteroatoms. The van der Waals surface area contributed by atoms with Gasteiger partial charge in [-0.25, -0.2) is 5.84 Å². The number of carbonyl (C=O) groups is 1. The van der Waals surface area contributed by atoms with Crippen molar-refractivity contribution in [3.8, 4) is 0 Å². The molecule has 1 amide bonds. The molecule has 0 fully saturated rings. The number of nitrogens with zero attached hydrogens (tertiary/aromatic N) is 2. The van der Waals surface area contributed by atoms with E-state index in [1.165, 1.54) is 0 Å². The largest absolute Gasteiger partial charge is 0.316 e. The van der Waals surface area contributed by atoms with Crippen molar-refractivity contribution in [3.05, 3.63) is 70.3 Å². The highest BCUT2D eigenvalue weighted by atomic mass is 32.2. The Balaban J connectivity index is 2.28. The van der Waals surface area contributed by atoms with Gasteiger partial charge in [0.1, 0.15) is 6.04 Å². The van der Waals surface area contributed by atoms with Crippen molar-refractivity contribution in [2.45, 2.75) is 10.9 Å². The van der Waals surface area contributed by atoms with Gasteiger partial charge in [0.05, 0.1) is 9.82 Å². The third-order valence-electron chi connectivity index (χ3n) is 3.25. The maximum absolute atomic E-state index is 12.3. The van der Waals surface area contributed by atoms with E-state index in [0.29, 0.717) is 5.56 Å². The Bertz CT molecular complexity index is 852. The summed E-state index contributed by atoms with van der Waals surface area (Å²) in [5.74, 6) is 4.42. The molecule has 2 aromatic rings. The van der Waals surface area contributed by atoms with Crippen molar-refractivity contribution >= 4 is 21.6 Å². The van der Waals surface area contributed by atoms with E-state index in [1.807, 2.05) is 0 Å². The highest BCUT2D eigenvalue weighted by molar-refractivity contribution is 7.89. The third kappa shape index (κ3) is 3.40. The summed E-state index contributed by atoms with van der Waals surface area (Å²) in [7, 11) is -4.37. The first kappa shape index (κ1) is 17.5. The van der Waals surface area contributed by atoms with Gasteiger partial charge < -0.3 is 5.73 Å². The molecule has 24 heavy (non-hydrogen) atoms. The molecule has 0 heterocycles. The number of sulfonamides is 1. The lowest BCUT2D eigenvalue weighted by Gasteiger charge is -2.20. The normalized spacial score (nSPS) is 12.4. The van der Waals surface area contributed by atoms with Crippen molar-refractivity contribution in [1.29, 1.82) is 0 Å². The molecule has 4 N–H and O–H groups in total. The third-order valence-corrected chi connectivity index (χ3v) is 4.81. The average molecular weight is 350 g/mol. The zero-order valence-corrected chi connectivity index (χ0v) is 13.1. The van der Waals surface area contributed by atoms with E-state index in [2.05, 4.69) is 0 Å². The van der Waals surface area contributed by atoms with Gasteiger partial charge in [0, 0.05) is 12.1 Å². The van der Waals surface area contributed by atoms with E-state index < -0.39 is 26.9 Å². The van der Waals surface area contributed by atoms with Crippen LogP contribution in [0.4, 0.5) is 5.69 Å². The van der Waals surface area contributed by atoms with Gasteiger partial charge in [-0.05, 0) is 17.7 Å². The molecule has 0 bridgehead atoms. The predicted molar refractivity (Wildman–Crippen MR) is 84.7 cm³/mol. The summed E-state index contributed by atoms with van der Waals surface area (Å²) >= 11 is 0. The molecule has 9 nitrogen and oxygen atoms in total. The zero-order valence-electron chi connectivity index (χ0n) is 12.3. The Hall–Kier alpha value is -2.82. The summed E-state index contributed by atoms with van der Waals surface area (Å²) in [6.45, 7) is 0. The molecule has 1 atom stereocenters. The Labute approximate surface area is 137 Å². The number of carbonyl (C=O) groups excluding carboxylic acids is 1. The monoisotopic (exact) mass is 350 g/mol. The highest BCUT2D eigenvalue weighted by Gasteiger charge is 2.31. The SMILES string of the molecule is NC(C(=O)N(N)S(=O)(=O)c1ccc([N+](=O)[O-])cc1)c1ccccc1. The second-order valence-corrected chi connectivity index (χ2v) is 6.59. The van der Waals surface area contributed by atoms with Crippen molar-refractivity contribution in [1.82, 2.24) is 4.41 Å². The molecule has 0 saturated heterocycles. The summed E-state index contributed by atoms with van der Waals surface area (Å²) < 4.78 is 24.7. The minimum atomic E-state index is -4.37. The van der Waals surface area contributed by atoms with E-state index in [0.717, 1.165) is 24.3 Å². The molecule has 2 aromatic carbocycles. The fourth-order valence-corrected chi connectivity index (χ4v) is 2.97. The van der Waals surface area contributed by atoms with Gasteiger partial charge in [-0.3, -0.25) is 14.9 Å². The number of hydrogen-bond acceptors (Lipinski definition) is 7. The number of non-ortho nitro benzene ring substituents is 1. The smallest absolute Gasteiger partial charge is 0.280 e. The van der Waals surface area contributed by atoms with Gasteiger partial charge in [-0.2, -0.15) is 12.8 Å². The average Bonchev–Trinajstić information content (AvgIpc) is 2.60. The molecule has 0 spiro atoms. The standard InChI is InChI=1S/C14H14N4O5S/c15-13(10-4-2-1-3-5-10)14(19)17(16)24(22,23)12-8-6-11(7-9-12)18(20)21/h1-9,13H,15-16H2. The number of nitrogens with two attached hydrogens (primary N) is 2. The predicted octanol–water partition coefficient (Wildman–Crippen LogP) is 0.686. The van der Waals surface area contributed by atoms with E-state index in [4.69, 9.17) is 11.6 Å². The lowest BCUT2D eigenvalue weighted by atomic mass is 10.1. The van der Waals surface area contributed by atoms with Crippen LogP contribution in [0.15, 0.2) is 59.5 Å². The number of hydrogen-bond donors (Lipinski definition) is 2. The van der Waals surface area contributed by atoms with Crippen LogP contribution in [0, 0.1) is 10.1 Å². The van der Waals surface area contributed by atoms with Crippen LogP contribution in [0.2, 0.25) is 0 Å². The lowest BCUT2D eigenvalue weighted by molar-refractivity contribution is -0.384. The van der Waals surface area contributed by atoms with Crippen LogP contribution in [-0.2, 0) is 14.8 Å². The molecule has 2 rings (SSSR count). The number of benzene rings is 2. The zero-order chi connectivity index (χ0) is 17.9. The van der Waals surface area contributed by atoms with Crippen LogP contribution in [0.25, 0.3) is 0 Å². The quantitative estimate of drug-likeness (QED) is 0.348. The van der Waals surface area contributed by atoms with E-state index >= 15 is 0 Å². The molecule has 126 valence electrons. The van der Waals surface area contributed by atoms with E-state index in [1.54, 1.807) is 30.3 Å². The van der Waals surface area contributed by atoms with Crippen molar-refractivity contribution < 1.29 is 18.1 Å². The van der Waals surface area contributed by atoms with Crippen LogP contribution < -0.4 is 11.6 Å². The van der Waals surface area contributed by atoms with E-state index in [9.17, 15) is 23.3 Å². The van der Waals surface area contributed by atoms with E-state index in [-0.39, 0.29) is 15.0 Å². The molecule has 0 aliphatic carbocycles. The molecule has 0 radical (unpaired) electrons. The summed E-state index contributed by atoms with van der Waals surface area (Å²) in [5.41, 5.74) is 5.87. The minimum absolute atomic E-state index is 0.0475. The fraction of sp³-hybridized carbons (Fsp3) is 0.0714. The Morgan fingerprint density at radius 1 is 1.08 bits per heavy atom. The Morgan fingerprint density at radius 3 is 2.12 bits per heavy atom. The second kappa shape index (κ2) is 6.74. The molecule has 0 aliphatic rings. The topological polar surface area (TPSA) is 150 Å².